The van der Waals surface area contributed by atoms with Crippen molar-refractivity contribution in [3.63, 3.8) is 0 Å². The zero-order valence-electron chi connectivity index (χ0n) is 14.4. The number of carbonyl (C=O) groups is 1. The molecule has 0 saturated heterocycles. The molecule has 2 aromatic heterocycles. The fourth-order valence-electron chi connectivity index (χ4n) is 3.04. The van der Waals surface area contributed by atoms with Crippen molar-refractivity contribution in [1.29, 1.82) is 0 Å². The van der Waals surface area contributed by atoms with Crippen LogP contribution in [-0.4, -0.2) is 42.0 Å². The molecule has 0 spiro atoms. The highest BCUT2D eigenvalue weighted by Gasteiger charge is 2.23. The highest BCUT2D eigenvalue weighted by atomic mass is 32.2. The van der Waals surface area contributed by atoms with Crippen LogP contribution in [0.4, 0.5) is 0 Å². The largest absolute Gasteiger partial charge is 0.483 e. The van der Waals surface area contributed by atoms with E-state index in [0.29, 0.717) is 5.52 Å². The molecule has 0 fully saturated rings. The molecule has 0 amide bonds. The molecule has 27 heavy (non-hydrogen) atoms. The van der Waals surface area contributed by atoms with E-state index in [2.05, 4.69) is 16.4 Å². The van der Waals surface area contributed by atoms with Gasteiger partial charge in [0.05, 0.1) is 15.9 Å². The summed E-state index contributed by atoms with van der Waals surface area (Å²) in [6, 6.07) is 12.1. The minimum Gasteiger partial charge on any atom is -0.483 e. The molecule has 0 unspecified atom stereocenters. The molecule has 0 radical (unpaired) electrons. The van der Waals surface area contributed by atoms with Crippen molar-refractivity contribution in [2.75, 3.05) is 13.1 Å². The molecule has 0 atom stereocenters. The number of rotatable bonds is 3. The normalized spacial score (nSPS) is 14.1. The quantitative estimate of drug-likeness (QED) is 0.671. The number of pyridine rings is 1. The van der Waals surface area contributed by atoms with Gasteiger partial charge in [-0.25, -0.2) is 12.4 Å². The Labute approximate surface area is 157 Å². The number of nitrogens with one attached hydrogen (secondary N) is 1. The van der Waals surface area contributed by atoms with E-state index in [1.54, 1.807) is 54.9 Å². The number of benzene rings is 1. The van der Waals surface area contributed by atoms with Crippen molar-refractivity contribution in [2.45, 2.75) is 11.3 Å². The van der Waals surface area contributed by atoms with Crippen molar-refractivity contribution >= 4 is 33.1 Å². The van der Waals surface area contributed by atoms with E-state index >= 15 is 0 Å². The van der Waals surface area contributed by atoms with E-state index in [1.807, 2.05) is 0 Å². The first-order valence-corrected chi connectivity index (χ1v) is 9.78. The van der Waals surface area contributed by atoms with Gasteiger partial charge in [0, 0.05) is 24.5 Å². The van der Waals surface area contributed by atoms with E-state index in [1.165, 1.54) is 3.97 Å². The van der Waals surface area contributed by atoms with Gasteiger partial charge in [-0.15, -0.1) is 0 Å². The van der Waals surface area contributed by atoms with Crippen LogP contribution in [0.2, 0.25) is 0 Å². The molecule has 1 aliphatic heterocycles. The Bertz CT molecular complexity index is 1070. The Balaban J connectivity index is 0.000000659. The number of hydrogen-bond donors (Lipinski definition) is 2. The Morgan fingerprint density at radius 3 is 2.56 bits per heavy atom. The topological polar surface area (TPSA) is 101 Å². The number of hydrogen-bond acceptors (Lipinski definition) is 5. The molecule has 2 N–H and O–H groups in total. The zero-order valence-corrected chi connectivity index (χ0v) is 15.3. The molecule has 3 heterocycles. The lowest BCUT2D eigenvalue weighted by Crippen LogP contribution is -2.20. The van der Waals surface area contributed by atoms with Gasteiger partial charge in [0.2, 0.25) is 0 Å². The zero-order chi connectivity index (χ0) is 19.3. The smallest absolute Gasteiger partial charge is 0.290 e. The van der Waals surface area contributed by atoms with Gasteiger partial charge in [-0.2, -0.15) is 0 Å². The van der Waals surface area contributed by atoms with Crippen LogP contribution in [0.3, 0.4) is 0 Å². The number of fused-ring (bicyclic) bond motifs is 1. The third-order valence-electron chi connectivity index (χ3n) is 4.24. The lowest BCUT2D eigenvalue weighted by Gasteiger charge is -2.12. The van der Waals surface area contributed by atoms with Gasteiger partial charge in [-0.1, -0.05) is 24.3 Å². The highest BCUT2D eigenvalue weighted by Crippen LogP contribution is 2.30. The molecule has 3 aromatic rings. The summed E-state index contributed by atoms with van der Waals surface area (Å²) in [6.07, 6.45) is 6.37. The van der Waals surface area contributed by atoms with E-state index in [4.69, 9.17) is 9.90 Å². The third-order valence-corrected chi connectivity index (χ3v) is 5.92. The maximum Gasteiger partial charge on any atom is 0.290 e. The second kappa shape index (κ2) is 8.15. The van der Waals surface area contributed by atoms with Crippen LogP contribution in [0, 0.1) is 0 Å². The molecular formula is C19H19N3O4S. The summed E-state index contributed by atoms with van der Waals surface area (Å²) in [4.78, 5) is 13.1. The lowest BCUT2D eigenvalue weighted by molar-refractivity contribution is -0.122. The van der Waals surface area contributed by atoms with Crippen LogP contribution in [-0.2, 0) is 14.8 Å². The van der Waals surface area contributed by atoms with Gasteiger partial charge in [-0.3, -0.25) is 9.78 Å². The van der Waals surface area contributed by atoms with Gasteiger partial charge in [0.1, 0.15) is 0 Å². The van der Waals surface area contributed by atoms with Gasteiger partial charge < -0.3 is 10.4 Å². The number of aromatic nitrogens is 2. The molecule has 1 aromatic carbocycles. The Morgan fingerprint density at radius 2 is 1.89 bits per heavy atom. The van der Waals surface area contributed by atoms with Gasteiger partial charge in [0.25, 0.3) is 16.5 Å². The van der Waals surface area contributed by atoms with E-state index in [0.717, 1.165) is 36.2 Å². The second-order valence-corrected chi connectivity index (χ2v) is 7.63. The second-order valence-electron chi connectivity index (χ2n) is 5.82. The summed E-state index contributed by atoms with van der Waals surface area (Å²) in [5.41, 5.74) is 3.37. The number of carboxylic acid groups (broad SMARTS) is 1. The summed E-state index contributed by atoms with van der Waals surface area (Å²) in [6.45, 7) is 1.43. The van der Waals surface area contributed by atoms with Crippen LogP contribution < -0.4 is 5.32 Å². The monoisotopic (exact) mass is 385 g/mol. The lowest BCUT2D eigenvalue weighted by atomic mass is 10.0. The summed E-state index contributed by atoms with van der Waals surface area (Å²) in [5.74, 6) is 0. The van der Waals surface area contributed by atoms with Crippen molar-refractivity contribution in [1.82, 2.24) is 14.3 Å². The first-order chi connectivity index (χ1) is 13.1. The predicted octanol–water partition coefficient (Wildman–Crippen LogP) is 2.35. The molecule has 0 bridgehead atoms. The summed E-state index contributed by atoms with van der Waals surface area (Å²) in [5, 5.41) is 10.2. The molecule has 0 aliphatic carbocycles. The van der Waals surface area contributed by atoms with Crippen LogP contribution in [0.25, 0.3) is 16.6 Å². The fourth-order valence-corrected chi connectivity index (χ4v) is 4.42. The SMILES string of the molecule is O=CO.O=S(=O)(c1ccccc1)n1cc(C2=CCNCC2)c2ncccc21. The van der Waals surface area contributed by atoms with E-state index in [9.17, 15) is 8.42 Å². The molecule has 8 heteroatoms. The number of nitrogens with zero attached hydrogens (tertiary/aromatic N) is 2. The Hall–Kier alpha value is -2.97. The van der Waals surface area contributed by atoms with Crippen molar-refractivity contribution in [3.05, 3.63) is 66.5 Å². The third kappa shape index (κ3) is 3.76. The molecule has 0 saturated carbocycles. The van der Waals surface area contributed by atoms with Crippen LogP contribution in [0.5, 0.6) is 0 Å². The van der Waals surface area contributed by atoms with Crippen molar-refractivity contribution in [3.8, 4) is 0 Å². The molecule has 1 aliphatic rings. The van der Waals surface area contributed by atoms with Crippen LogP contribution in [0.15, 0.2) is 65.8 Å². The average Bonchev–Trinajstić information content (AvgIpc) is 3.10. The Morgan fingerprint density at radius 1 is 1.15 bits per heavy atom. The van der Waals surface area contributed by atoms with Crippen molar-refractivity contribution in [2.24, 2.45) is 0 Å². The van der Waals surface area contributed by atoms with E-state index < -0.39 is 10.0 Å². The average molecular weight is 385 g/mol. The fraction of sp³-hybridized carbons (Fsp3) is 0.158. The van der Waals surface area contributed by atoms with Crippen LogP contribution >= 0.6 is 0 Å². The Kier molecular flexibility index (Phi) is 5.68. The van der Waals surface area contributed by atoms with Gasteiger partial charge in [0.15, 0.2) is 0 Å². The van der Waals surface area contributed by atoms with Gasteiger partial charge >= 0.3 is 0 Å². The maximum atomic E-state index is 13.0. The standard InChI is InChI=1S/C18H17N3O2S.CH2O2/c22-24(23,15-5-2-1-3-6-15)21-13-16(14-8-11-19-12-9-14)18-17(21)7-4-10-20-18;2-1-3/h1-8,10,13,19H,9,11-12H2;1H,(H,2,3). The maximum absolute atomic E-state index is 13.0. The molecule has 4 rings (SSSR count). The summed E-state index contributed by atoms with van der Waals surface area (Å²) >= 11 is 0. The first kappa shape index (κ1) is 18.8. The van der Waals surface area contributed by atoms with Gasteiger partial charge in [-0.05, 0) is 42.8 Å². The molecular weight excluding hydrogens is 366 g/mol. The highest BCUT2D eigenvalue weighted by molar-refractivity contribution is 7.90. The summed E-state index contributed by atoms with van der Waals surface area (Å²) < 4.78 is 27.4. The summed E-state index contributed by atoms with van der Waals surface area (Å²) in [7, 11) is -3.65. The predicted molar refractivity (Wildman–Crippen MR) is 103 cm³/mol. The molecule has 140 valence electrons. The van der Waals surface area contributed by atoms with Crippen LogP contribution in [0.1, 0.15) is 12.0 Å². The molecule has 7 nitrogen and oxygen atoms in total. The first-order valence-electron chi connectivity index (χ1n) is 8.34. The minimum absolute atomic E-state index is 0.250. The van der Waals surface area contributed by atoms with E-state index in [-0.39, 0.29) is 11.4 Å². The minimum atomic E-state index is -3.65. The van der Waals surface area contributed by atoms with Crippen molar-refractivity contribution < 1.29 is 18.3 Å².